The first-order chi connectivity index (χ1) is 6.74. The Balaban J connectivity index is 2.11. The Hall–Kier alpha value is -1.24. The van der Waals surface area contributed by atoms with Crippen molar-refractivity contribution >= 4 is 17.3 Å². The van der Waals surface area contributed by atoms with E-state index in [-0.39, 0.29) is 0 Å². The SMILES string of the molecule is N#CC1(Nc2ccc(Cl)cc2)CNC1. The molecule has 0 aliphatic carbocycles. The van der Waals surface area contributed by atoms with E-state index in [4.69, 9.17) is 16.9 Å². The van der Waals surface area contributed by atoms with Crippen molar-refractivity contribution in [2.24, 2.45) is 0 Å². The van der Waals surface area contributed by atoms with E-state index in [0.717, 1.165) is 5.69 Å². The molecular formula is C10H10ClN3. The molecule has 1 aliphatic heterocycles. The molecule has 2 rings (SSSR count). The zero-order valence-electron chi connectivity index (χ0n) is 7.55. The Labute approximate surface area is 87.7 Å². The molecule has 3 nitrogen and oxygen atoms in total. The van der Waals surface area contributed by atoms with Gasteiger partial charge < -0.3 is 10.6 Å². The van der Waals surface area contributed by atoms with E-state index in [2.05, 4.69) is 16.7 Å². The third kappa shape index (κ3) is 1.67. The van der Waals surface area contributed by atoms with Gasteiger partial charge in [-0.2, -0.15) is 5.26 Å². The summed E-state index contributed by atoms with van der Waals surface area (Å²) in [6.07, 6.45) is 0. The highest BCUT2D eigenvalue weighted by Crippen LogP contribution is 2.20. The lowest BCUT2D eigenvalue weighted by Crippen LogP contribution is -2.63. The monoisotopic (exact) mass is 207 g/mol. The number of benzene rings is 1. The van der Waals surface area contributed by atoms with E-state index < -0.39 is 5.54 Å². The Bertz CT molecular complexity index is 362. The van der Waals surface area contributed by atoms with Crippen molar-refractivity contribution in [1.82, 2.24) is 5.32 Å². The number of rotatable bonds is 2. The smallest absolute Gasteiger partial charge is 0.150 e. The topological polar surface area (TPSA) is 47.9 Å². The van der Waals surface area contributed by atoms with E-state index in [1.54, 1.807) is 12.1 Å². The number of nitrogens with one attached hydrogen (secondary N) is 2. The van der Waals surface area contributed by atoms with Crippen LogP contribution in [-0.4, -0.2) is 18.6 Å². The van der Waals surface area contributed by atoms with E-state index >= 15 is 0 Å². The summed E-state index contributed by atoms with van der Waals surface area (Å²) in [5.41, 5.74) is 0.492. The summed E-state index contributed by atoms with van der Waals surface area (Å²) in [4.78, 5) is 0. The number of hydrogen-bond donors (Lipinski definition) is 2. The molecule has 1 saturated heterocycles. The molecule has 1 aromatic rings. The average Bonchev–Trinajstić information content (AvgIpc) is 2.15. The van der Waals surface area contributed by atoms with Gasteiger partial charge in [0.15, 0.2) is 0 Å². The molecule has 2 N–H and O–H groups in total. The maximum atomic E-state index is 8.97. The molecule has 1 heterocycles. The van der Waals surface area contributed by atoms with Crippen LogP contribution in [0.5, 0.6) is 0 Å². The largest absolute Gasteiger partial charge is 0.365 e. The number of nitriles is 1. The Morgan fingerprint density at radius 2 is 2.00 bits per heavy atom. The maximum Gasteiger partial charge on any atom is 0.150 e. The normalized spacial score (nSPS) is 18.0. The molecule has 1 fully saturated rings. The van der Waals surface area contributed by atoms with Crippen LogP contribution in [0.2, 0.25) is 5.02 Å². The highest BCUT2D eigenvalue weighted by Gasteiger charge is 2.36. The summed E-state index contributed by atoms with van der Waals surface area (Å²) in [6.45, 7) is 1.37. The van der Waals surface area contributed by atoms with Gasteiger partial charge >= 0.3 is 0 Å². The Morgan fingerprint density at radius 1 is 1.36 bits per heavy atom. The van der Waals surface area contributed by atoms with Crippen molar-refractivity contribution in [1.29, 1.82) is 5.26 Å². The second-order valence-electron chi connectivity index (χ2n) is 3.43. The predicted molar refractivity (Wildman–Crippen MR) is 56.3 cm³/mol. The van der Waals surface area contributed by atoms with Gasteiger partial charge in [-0.15, -0.1) is 0 Å². The number of anilines is 1. The predicted octanol–water partition coefficient (Wildman–Crippen LogP) is 1.62. The fourth-order valence-corrected chi connectivity index (χ4v) is 1.51. The third-order valence-corrected chi connectivity index (χ3v) is 2.55. The molecule has 1 aromatic carbocycles. The molecule has 0 saturated carbocycles. The molecular weight excluding hydrogens is 198 g/mol. The first kappa shape index (κ1) is 9.32. The van der Waals surface area contributed by atoms with Gasteiger partial charge in [0, 0.05) is 23.8 Å². The first-order valence-electron chi connectivity index (χ1n) is 4.40. The Kier molecular flexibility index (Phi) is 2.32. The number of nitrogens with zero attached hydrogens (tertiary/aromatic N) is 1. The molecule has 14 heavy (non-hydrogen) atoms. The Morgan fingerprint density at radius 3 is 2.43 bits per heavy atom. The fraction of sp³-hybridized carbons (Fsp3) is 0.300. The van der Waals surface area contributed by atoms with Gasteiger partial charge in [0.25, 0.3) is 0 Å². The zero-order chi connectivity index (χ0) is 10.0. The van der Waals surface area contributed by atoms with Crippen molar-refractivity contribution in [3.8, 4) is 6.07 Å². The molecule has 0 radical (unpaired) electrons. The third-order valence-electron chi connectivity index (χ3n) is 2.30. The molecule has 0 atom stereocenters. The van der Waals surface area contributed by atoms with Gasteiger partial charge in [0.05, 0.1) is 6.07 Å². The number of hydrogen-bond acceptors (Lipinski definition) is 3. The van der Waals surface area contributed by atoms with Gasteiger partial charge in [-0.25, -0.2) is 0 Å². The highest BCUT2D eigenvalue weighted by atomic mass is 35.5. The van der Waals surface area contributed by atoms with Crippen molar-refractivity contribution in [2.45, 2.75) is 5.54 Å². The minimum Gasteiger partial charge on any atom is -0.365 e. The molecule has 4 heteroatoms. The number of halogens is 1. The van der Waals surface area contributed by atoms with Crippen LogP contribution in [0.25, 0.3) is 0 Å². The lowest BCUT2D eigenvalue weighted by molar-refractivity contribution is 0.387. The van der Waals surface area contributed by atoms with Gasteiger partial charge in [-0.3, -0.25) is 0 Å². The maximum absolute atomic E-state index is 8.97. The van der Waals surface area contributed by atoms with Crippen LogP contribution in [0.3, 0.4) is 0 Å². The molecule has 0 spiro atoms. The summed E-state index contributed by atoms with van der Waals surface area (Å²) in [5, 5.41) is 15.9. The molecule has 0 unspecified atom stereocenters. The second kappa shape index (κ2) is 3.49. The molecule has 0 aromatic heterocycles. The minimum atomic E-state index is -0.437. The molecule has 72 valence electrons. The molecule has 1 aliphatic rings. The summed E-state index contributed by atoms with van der Waals surface area (Å²) < 4.78 is 0. The summed E-state index contributed by atoms with van der Waals surface area (Å²) in [6, 6.07) is 9.63. The standard InChI is InChI=1S/C10H10ClN3/c11-8-1-3-9(4-2-8)14-10(5-12)6-13-7-10/h1-4,13-14H,6-7H2. The van der Waals surface area contributed by atoms with Crippen LogP contribution in [0.15, 0.2) is 24.3 Å². The fourth-order valence-electron chi connectivity index (χ4n) is 1.38. The van der Waals surface area contributed by atoms with E-state index in [9.17, 15) is 0 Å². The van der Waals surface area contributed by atoms with Crippen LogP contribution in [0, 0.1) is 11.3 Å². The van der Waals surface area contributed by atoms with Crippen LogP contribution in [0.1, 0.15) is 0 Å². The van der Waals surface area contributed by atoms with Gasteiger partial charge in [-0.1, -0.05) is 11.6 Å². The summed E-state index contributed by atoms with van der Waals surface area (Å²) in [7, 11) is 0. The minimum absolute atomic E-state index is 0.437. The van der Waals surface area contributed by atoms with Crippen molar-refractivity contribution < 1.29 is 0 Å². The van der Waals surface area contributed by atoms with Crippen LogP contribution >= 0.6 is 11.6 Å². The highest BCUT2D eigenvalue weighted by molar-refractivity contribution is 6.30. The van der Waals surface area contributed by atoms with Gasteiger partial charge in [-0.05, 0) is 24.3 Å². The quantitative estimate of drug-likeness (QED) is 0.775. The van der Waals surface area contributed by atoms with Crippen molar-refractivity contribution in [3.63, 3.8) is 0 Å². The second-order valence-corrected chi connectivity index (χ2v) is 3.87. The van der Waals surface area contributed by atoms with E-state index in [1.165, 1.54) is 0 Å². The van der Waals surface area contributed by atoms with Crippen molar-refractivity contribution in [2.75, 3.05) is 18.4 Å². The van der Waals surface area contributed by atoms with Crippen molar-refractivity contribution in [3.05, 3.63) is 29.3 Å². The van der Waals surface area contributed by atoms with E-state index in [0.29, 0.717) is 18.1 Å². The molecule has 0 bridgehead atoms. The van der Waals surface area contributed by atoms with Crippen LogP contribution in [-0.2, 0) is 0 Å². The van der Waals surface area contributed by atoms with Crippen LogP contribution in [0.4, 0.5) is 5.69 Å². The average molecular weight is 208 g/mol. The zero-order valence-corrected chi connectivity index (χ0v) is 8.30. The van der Waals surface area contributed by atoms with Gasteiger partial charge in [0.1, 0.15) is 5.54 Å². The lowest BCUT2D eigenvalue weighted by Gasteiger charge is -2.37. The van der Waals surface area contributed by atoms with Gasteiger partial charge in [0.2, 0.25) is 0 Å². The van der Waals surface area contributed by atoms with Crippen LogP contribution < -0.4 is 10.6 Å². The van der Waals surface area contributed by atoms with E-state index in [1.807, 2.05) is 12.1 Å². The first-order valence-corrected chi connectivity index (χ1v) is 4.78. The summed E-state index contributed by atoms with van der Waals surface area (Å²) in [5.74, 6) is 0. The molecule has 0 amide bonds. The lowest BCUT2D eigenvalue weighted by atomic mass is 9.94. The summed E-state index contributed by atoms with van der Waals surface area (Å²) >= 11 is 5.76.